The lowest BCUT2D eigenvalue weighted by atomic mass is 10.0. The Balaban J connectivity index is 1.41. The minimum atomic E-state index is -0.103. The molecule has 3 heterocycles. The number of carbonyl (C=O) groups excluding carboxylic acids is 1. The second-order valence-electron chi connectivity index (χ2n) is 6.87. The molecule has 1 unspecified atom stereocenters. The zero-order valence-corrected chi connectivity index (χ0v) is 15.2. The van der Waals surface area contributed by atoms with Crippen LogP contribution in [0.5, 0.6) is 5.75 Å². The molecule has 0 spiro atoms. The summed E-state index contributed by atoms with van der Waals surface area (Å²) in [5, 5.41) is 3.14. The van der Waals surface area contributed by atoms with Crippen LogP contribution < -0.4 is 10.1 Å². The Kier molecular flexibility index (Phi) is 4.05. The molecule has 5 nitrogen and oxygen atoms in total. The average molecular weight is 369 g/mol. The molecule has 2 aromatic carbocycles. The first-order chi connectivity index (χ1) is 13.8. The highest BCUT2D eigenvalue weighted by atomic mass is 16.5. The van der Waals surface area contributed by atoms with Gasteiger partial charge in [-0.1, -0.05) is 48.5 Å². The first kappa shape index (κ1) is 16.6. The molecule has 0 radical (unpaired) electrons. The van der Waals surface area contributed by atoms with E-state index in [0.29, 0.717) is 12.2 Å². The first-order valence-electron chi connectivity index (χ1n) is 9.35. The second-order valence-corrected chi connectivity index (χ2v) is 6.87. The van der Waals surface area contributed by atoms with Crippen LogP contribution >= 0.6 is 0 Å². The van der Waals surface area contributed by atoms with Gasteiger partial charge in [0.05, 0.1) is 18.3 Å². The van der Waals surface area contributed by atoms with Gasteiger partial charge in [0, 0.05) is 35.5 Å². The van der Waals surface area contributed by atoms with Crippen molar-refractivity contribution < 1.29 is 9.53 Å². The quantitative estimate of drug-likeness (QED) is 0.587. The Bertz CT molecular complexity index is 1150. The fourth-order valence-corrected chi connectivity index (χ4v) is 3.60. The number of fused-ring (bicyclic) bond motifs is 2. The number of amides is 1. The molecule has 28 heavy (non-hydrogen) atoms. The number of ether oxygens (including phenoxy) is 1. The van der Waals surface area contributed by atoms with Crippen molar-refractivity contribution in [1.82, 2.24) is 14.7 Å². The highest BCUT2D eigenvalue weighted by Crippen LogP contribution is 2.31. The summed E-state index contributed by atoms with van der Waals surface area (Å²) in [7, 11) is 0. The van der Waals surface area contributed by atoms with E-state index in [2.05, 4.69) is 10.3 Å². The van der Waals surface area contributed by atoms with Crippen LogP contribution in [-0.4, -0.2) is 21.9 Å². The Hall–Kier alpha value is -3.60. The molecule has 0 bridgehead atoms. The van der Waals surface area contributed by atoms with Crippen molar-refractivity contribution >= 4 is 11.6 Å². The van der Waals surface area contributed by atoms with E-state index < -0.39 is 0 Å². The maximum absolute atomic E-state index is 12.9. The molecule has 4 aromatic rings. The minimum Gasteiger partial charge on any atom is -0.493 e. The number of para-hydroxylation sites is 1. The SMILES string of the molecule is O=C(NC1CCOc2ccccc21)c1ccn2cc(-c3ccccc3)nc2c1. The Morgan fingerprint density at radius 1 is 1.07 bits per heavy atom. The maximum atomic E-state index is 12.9. The number of hydrogen-bond donors (Lipinski definition) is 1. The number of carbonyl (C=O) groups is 1. The van der Waals surface area contributed by atoms with E-state index in [4.69, 9.17) is 4.74 Å². The Morgan fingerprint density at radius 3 is 2.79 bits per heavy atom. The van der Waals surface area contributed by atoms with Gasteiger partial charge in [-0.2, -0.15) is 0 Å². The molecule has 0 aliphatic carbocycles. The summed E-state index contributed by atoms with van der Waals surface area (Å²) >= 11 is 0. The van der Waals surface area contributed by atoms with Gasteiger partial charge in [-0.15, -0.1) is 0 Å². The van der Waals surface area contributed by atoms with Crippen LogP contribution in [0.3, 0.4) is 0 Å². The predicted octanol–water partition coefficient (Wildman–Crippen LogP) is 4.25. The smallest absolute Gasteiger partial charge is 0.251 e. The molecular weight excluding hydrogens is 350 g/mol. The van der Waals surface area contributed by atoms with Crippen molar-refractivity contribution in [1.29, 1.82) is 0 Å². The van der Waals surface area contributed by atoms with Crippen LogP contribution in [0.2, 0.25) is 0 Å². The van der Waals surface area contributed by atoms with Gasteiger partial charge in [-0.25, -0.2) is 4.98 Å². The van der Waals surface area contributed by atoms with E-state index in [1.165, 1.54) is 0 Å². The zero-order chi connectivity index (χ0) is 18.9. The number of imidazole rings is 1. The largest absolute Gasteiger partial charge is 0.493 e. The van der Waals surface area contributed by atoms with Crippen LogP contribution in [0.25, 0.3) is 16.9 Å². The summed E-state index contributed by atoms with van der Waals surface area (Å²) in [5.41, 5.74) is 4.31. The first-order valence-corrected chi connectivity index (χ1v) is 9.35. The van der Waals surface area contributed by atoms with Gasteiger partial charge < -0.3 is 14.5 Å². The highest BCUT2D eigenvalue weighted by molar-refractivity contribution is 5.95. The van der Waals surface area contributed by atoms with E-state index in [0.717, 1.165) is 34.6 Å². The fraction of sp³-hybridized carbons (Fsp3) is 0.130. The number of pyridine rings is 1. The van der Waals surface area contributed by atoms with Gasteiger partial charge in [-0.05, 0) is 18.2 Å². The van der Waals surface area contributed by atoms with Gasteiger partial charge in [-0.3, -0.25) is 4.79 Å². The standard InChI is InChI=1S/C23H19N3O2/c27-23(25-19-11-13-28-21-9-5-4-8-18(19)21)17-10-12-26-15-20(24-22(26)14-17)16-6-2-1-3-7-16/h1-10,12,14-15,19H,11,13H2,(H,25,27). The van der Waals surface area contributed by atoms with Gasteiger partial charge in [0.15, 0.2) is 0 Å². The van der Waals surface area contributed by atoms with Crippen molar-refractivity contribution in [3.63, 3.8) is 0 Å². The highest BCUT2D eigenvalue weighted by Gasteiger charge is 2.23. The molecule has 1 amide bonds. The van der Waals surface area contributed by atoms with Crippen molar-refractivity contribution in [3.05, 3.63) is 90.3 Å². The van der Waals surface area contributed by atoms with Gasteiger partial charge in [0.25, 0.3) is 5.91 Å². The van der Waals surface area contributed by atoms with E-state index in [-0.39, 0.29) is 11.9 Å². The molecule has 1 aliphatic heterocycles. The van der Waals surface area contributed by atoms with Crippen molar-refractivity contribution in [3.8, 4) is 17.0 Å². The number of rotatable bonds is 3. The summed E-state index contributed by atoms with van der Waals surface area (Å²) in [6, 6.07) is 21.5. The summed E-state index contributed by atoms with van der Waals surface area (Å²) < 4.78 is 7.61. The van der Waals surface area contributed by atoms with Gasteiger partial charge in [0.2, 0.25) is 0 Å². The number of nitrogens with zero attached hydrogens (tertiary/aromatic N) is 2. The van der Waals surface area contributed by atoms with Crippen LogP contribution in [0.1, 0.15) is 28.4 Å². The van der Waals surface area contributed by atoms with Crippen LogP contribution in [0.4, 0.5) is 0 Å². The van der Waals surface area contributed by atoms with E-state index in [9.17, 15) is 4.79 Å². The molecule has 0 saturated carbocycles. The molecular formula is C23H19N3O2. The van der Waals surface area contributed by atoms with Gasteiger partial charge in [0.1, 0.15) is 11.4 Å². The summed E-state index contributed by atoms with van der Waals surface area (Å²) in [4.78, 5) is 17.5. The predicted molar refractivity (Wildman–Crippen MR) is 107 cm³/mol. The molecule has 1 N–H and O–H groups in total. The molecule has 0 fully saturated rings. The zero-order valence-electron chi connectivity index (χ0n) is 15.2. The molecule has 1 atom stereocenters. The van der Waals surface area contributed by atoms with Crippen LogP contribution in [-0.2, 0) is 0 Å². The number of aromatic nitrogens is 2. The average Bonchev–Trinajstić information content (AvgIpc) is 3.18. The van der Waals surface area contributed by atoms with E-state index in [1.807, 2.05) is 83.5 Å². The van der Waals surface area contributed by atoms with Gasteiger partial charge >= 0.3 is 0 Å². The molecule has 5 heteroatoms. The van der Waals surface area contributed by atoms with Crippen LogP contribution in [0.15, 0.2) is 79.1 Å². The normalized spacial score (nSPS) is 15.6. The Labute approximate surface area is 162 Å². The number of hydrogen-bond acceptors (Lipinski definition) is 3. The second kappa shape index (κ2) is 6.85. The molecule has 0 saturated heterocycles. The number of benzene rings is 2. The topological polar surface area (TPSA) is 55.6 Å². The summed E-state index contributed by atoms with van der Waals surface area (Å²) in [5.74, 6) is 0.740. The lowest BCUT2D eigenvalue weighted by Gasteiger charge is -2.26. The summed E-state index contributed by atoms with van der Waals surface area (Å²) in [6.45, 7) is 0.599. The third kappa shape index (κ3) is 3.01. The molecule has 2 aromatic heterocycles. The molecule has 5 rings (SSSR count). The van der Waals surface area contributed by atoms with Crippen molar-refractivity contribution in [2.75, 3.05) is 6.61 Å². The summed E-state index contributed by atoms with van der Waals surface area (Å²) in [6.07, 6.45) is 4.61. The molecule has 138 valence electrons. The van der Waals surface area contributed by atoms with E-state index in [1.54, 1.807) is 0 Å². The van der Waals surface area contributed by atoms with Crippen molar-refractivity contribution in [2.24, 2.45) is 0 Å². The molecule has 1 aliphatic rings. The lowest BCUT2D eigenvalue weighted by Crippen LogP contribution is -2.32. The number of nitrogens with one attached hydrogen (secondary N) is 1. The fourth-order valence-electron chi connectivity index (χ4n) is 3.60. The third-order valence-electron chi connectivity index (χ3n) is 5.06. The minimum absolute atomic E-state index is 0.0479. The van der Waals surface area contributed by atoms with Crippen LogP contribution in [0, 0.1) is 0 Å². The van der Waals surface area contributed by atoms with E-state index >= 15 is 0 Å². The lowest BCUT2D eigenvalue weighted by molar-refractivity contribution is 0.0925. The Morgan fingerprint density at radius 2 is 1.89 bits per heavy atom. The third-order valence-corrected chi connectivity index (χ3v) is 5.06. The maximum Gasteiger partial charge on any atom is 0.251 e. The monoisotopic (exact) mass is 369 g/mol. The van der Waals surface area contributed by atoms with Crippen molar-refractivity contribution in [2.45, 2.75) is 12.5 Å².